The Hall–Kier alpha value is -1.10. The lowest BCUT2D eigenvalue weighted by molar-refractivity contribution is -0.133. The van der Waals surface area contributed by atoms with Crippen LogP contribution in [0.1, 0.15) is 6.92 Å². The molecule has 0 atom stereocenters. The number of carbonyl (C=O) groups excluding carboxylic acids is 2. The molecule has 0 saturated heterocycles. The highest BCUT2D eigenvalue weighted by Gasteiger charge is 2.08. The number of carbonyl (C=O) groups is 2. The second-order valence-corrected chi connectivity index (χ2v) is 2.19. The van der Waals surface area contributed by atoms with Crippen molar-refractivity contribution < 1.29 is 9.59 Å². The Balaban J connectivity index is 3.89. The van der Waals surface area contributed by atoms with Crippen LogP contribution in [0.3, 0.4) is 0 Å². The van der Waals surface area contributed by atoms with Gasteiger partial charge in [-0.1, -0.05) is 0 Å². The molecule has 0 unspecified atom stereocenters. The fourth-order valence-electron chi connectivity index (χ4n) is 0.658. The van der Waals surface area contributed by atoms with E-state index in [1.54, 1.807) is 7.05 Å². The van der Waals surface area contributed by atoms with Gasteiger partial charge < -0.3 is 16.0 Å². The molecule has 64 valence electrons. The molecule has 0 spiro atoms. The maximum Gasteiger partial charge on any atom is 0.237 e. The number of nitrogens with zero attached hydrogens (tertiary/aromatic N) is 1. The summed E-state index contributed by atoms with van der Waals surface area (Å²) in [5.41, 5.74) is 4.90. The molecule has 0 saturated carbocycles. The molecule has 0 aliphatic heterocycles. The molecule has 5 nitrogen and oxygen atoms in total. The van der Waals surface area contributed by atoms with Gasteiger partial charge in [0.05, 0.1) is 6.67 Å². The van der Waals surface area contributed by atoms with Gasteiger partial charge in [0.1, 0.15) is 6.54 Å². The minimum atomic E-state index is -0.504. The molecule has 11 heavy (non-hydrogen) atoms. The van der Waals surface area contributed by atoms with Crippen LogP contribution in [-0.2, 0) is 9.59 Å². The molecule has 2 amide bonds. The Kier molecular flexibility index (Phi) is 4.21. The van der Waals surface area contributed by atoms with E-state index in [0.717, 1.165) is 0 Å². The summed E-state index contributed by atoms with van der Waals surface area (Å²) in [7, 11) is 1.69. The average molecular weight is 159 g/mol. The van der Waals surface area contributed by atoms with Gasteiger partial charge in [0, 0.05) is 6.92 Å². The first kappa shape index (κ1) is 9.90. The standard InChI is InChI=1S/C6H13N3O2/c1-5(10)9(4-8-2)3-6(7)11/h8H,3-4H2,1-2H3,(H2,7,11). The SMILES string of the molecule is CNCN(CC(N)=O)C(C)=O. The Morgan fingerprint density at radius 2 is 2.09 bits per heavy atom. The molecule has 0 fully saturated rings. The van der Waals surface area contributed by atoms with E-state index in [0.29, 0.717) is 6.67 Å². The highest BCUT2D eigenvalue weighted by atomic mass is 16.2. The zero-order chi connectivity index (χ0) is 8.85. The van der Waals surface area contributed by atoms with Crippen molar-refractivity contribution in [2.45, 2.75) is 6.92 Å². The molecule has 0 aromatic carbocycles. The Morgan fingerprint density at radius 3 is 2.36 bits per heavy atom. The fourth-order valence-corrected chi connectivity index (χ4v) is 0.658. The molecule has 0 aliphatic rings. The molecule has 0 aliphatic carbocycles. The summed E-state index contributed by atoms with van der Waals surface area (Å²) in [6.07, 6.45) is 0. The van der Waals surface area contributed by atoms with Gasteiger partial charge in [-0.3, -0.25) is 9.59 Å². The van der Waals surface area contributed by atoms with Crippen molar-refractivity contribution in [3.63, 3.8) is 0 Å². The molecule has 0 aromatic heterocycles. The van der Waals surface area contributed by atoms with E-state index < -0.39 is 5.91 Å². The van der Waals surface area contributed by atoms with Gasteiger partial charge in [0.2, 0.25) is 11.8 Å². The van der Waals surface area contributed by atoms with Crippen molar-refractivity contribution in [3.05, 3.63) is 0 Å². The number of amides is 2. The monoisotopic (exact) mass is 159 g/mol. The van der Waals surface area contributed by atoms with Gasteiger partial charge in [-0.05, 0) is 7.05 Å². The van der Waals surface area contributed by atoms with E-state index in [2.05, 4.69) is 5.32 Å². The first-order valence-corrected chi connectivity index (χ1v) is 3.26. The topological polar surface area (TPSA) is 75.4 Å². The highest BCUT2D eigenvalue weighted by molar-refractivity contribution is 5.82. The molecular formula is C6H13N3O2. The van der Waals surface area contributed by atoms with Gasteiger partial charge in [-0.15, -0.1) is 0 Å². The van der Waals surface area contributed by atoms with Crippen LogP contribution in [0, 0.1) is 0 Å². The van der Waals surface area contributed by atoms with Crippen LogP contribution in [0.15, 0.2) is 0 Å². The number of hydrogen-bond donors (Lipinski definition) is 2. The third-order valence-corrected chi connectivity index (χ3v) is 1.14. The maximum absolute atomic E-state index is 10.7. The predicted molar refractivity (Wildman–Crippen MR) is 40.5 cm³/mol. The van der Waals surface area contributed by atoms with Crippen LogP contribution in [0.25, 0.3) is 0 Å². The van der Waals surface area contributed by atoms with Gasteiger partial charge in [0.25, 0.3) is 0 Å². The molecule has 0 bridgehead atoms. The summed E-state index contributed by atoms with van der Waals surface area (Å²) in [6.45, 7) is 1.70. The van der Waals surface area contributed by atoms with Crippen molar-refractivity contribution in [2.75, 3.05) is 20.3 Å². The fraction of sp³-hybridized carbons (Fsp3) is 0.667. The lowest BCUT2D eigenvalue weighted by atomic mass is 10.5. The minimum Gasteiger partial charge on any atom is -0.368 e. The summed E-state index contributed by atoms with van der Waals surface area (Å²) < 4.78 is 0. The number of nitrogens with one attached hydrogen (secondary N) is 1. The highest BCUT2D eigenvalue weighted by Crippen LogP contribution is 1.84. The van der Waals surface area contributed by atoms with Crippen molar-refractivity contribution >= 4 is 11.8 Å². The third-order valence-electron chi connectivity index (χ3n) is 1.14. The first-order valence-electron chi connectivity index (χ1n) is 3.26. The third kappa shape index (κ3) is 4.32. The Morgan fingerprint density at radius 1 is 1.55 bits per heavy atom. The summed E-state index contributed by atoms with van der Waals surface area (Å²) in [5.74, 6) is -0.673. The van der Waals surface area contributed by atoms with Crippen LogP contribution >= 0.6 is 0 Å². The molecule has 3 N–H and O–H groups in total. The van der Waals surface area contributed by atoms with Crippen molar-refractivity contribution in [3.8, 4) is 0 Å². The van der Waals surface area contributed by atoms with Gasteiger partial charge in [-0.2, -0.15) is 0 Å². The summed E-state index contributed by atoms with van der Waals surface area (Å²) in [6, 6.07) is 0. The van der Waals surface area contributed by atoms with Gasteiger partial charge in [0.15, 0.2) is 0 Å². The van der Waals surface area contributed by atoms with E-state index in [9.17, 15) is 9.59 Å². The summed E-state index contributed by atoms with van der Waals surface area (Å²) >= 11 is 0. The number of hydrogen-bond acceptors (Lipinski definition) is 3. The normalized spacial score (nSPS) is 9.27. The minimum absolute atomic E-state index is 0.0316. The quantitative estimate of drug-likeness (QED) is 0.490. The zero-order valence-corrected chi connectivity index (χ0v) is 6.76. The van der Waals surface area contributed by atoms with E-state index in [4.69, 9.17) is 5.73 Å². The van der Waals surface area contributed by atoms with Crippen molar-refractivity contribution in [2.24, 2.45) is 5.73 Å². The number of nitrogens with two attached hydrogens (primary N) is 1. The van der Waals surface area contributed by atoms with Gasteiger partial charge in [-0.25, -0.2) is 0 Å². The van der Waals surface area contributed by atoms with Gasteiger partial charge >= 0.3 is 0 Å². The molecule has 5 heteroatoms. The smallest absolute Gasteiger partial charge is 0.237 e. The van der Waals surface area contributed by atoms with Crippen LogP contribution in [0.5, 0.6) is 0 Å². The van der Waals surface area contributed by atoms with Crippen molar-refractivity contribution in [1.82, 2.24) is 10.2 Å². The molecular weight excluding hydrogens is 146 g/mol. The van der Waals surface area contributed by atoms with Crippen LogP contribution in [0.4, 0.5) is 0 Å². The lowest BCUT2D eigenvalue weighted by Gasteiger charge is -2.17. The van der Waals surface area contributed by atoms with E-state index in [-0.39, 0.29) is 12.5 Å². The number of rotatable bonds is 4. The second kappa shape index (κ2) is 4.68. The Bertz CT molecular complexity index is 158. The van der Waals surface area contributed by atoms with Crippen molar-refractivity contribution in [1.29, 1.82) is 0 Å². The lowest BCUT2D eigenvalue weighted by Crippen LogP contribution is -2.41. The number of primary amides is 1. The van der Waals surface area contributed by atoms with Crippen LogP contribution in [0.2, 0.25) is 0 Å². The molecule has 0 heterocycles. The second-order valence-electron chi connectivity index (χ2n) is 2.19. The van der Waals surface area contributed by atoms with Crippen LogP contribution in [-0.4, -0.2) is 37.0 Å². The summed E-state index contributed by atoms with van der Waals surface area (Å²) in [5, 5.41) is 2.75. The van der Waals surface area contributed by atoms with E-state index >= 15 is 0 Å². The largest absolute Gasteiger partial charge is 0.368 e. The van der Waals surface area contributed by atoms with E-state index in [1.165, 1.54) is 11.8 Å². The van der Waals surface area contributed by atoms with Crippen LogP contribution < -0.4 is 11.1 Å². The Labute approximate surface area is 65.5 Å². The molecule has 0 rings (SSSR count). The first-order chi connectivity index (χ1) is 5.07. The predicted octanol–water partition coefficient (Wildman–Crippen LogP) is -1.50. The molecule has 0 radical (unpaired) electrons. The average Bonchev–Trinajstić information content (AvgIpc) is 1.86. The summed E-state index contributed by atoms with van der Waals surface area (Å²) in [4.78, 5) is 22.5. The molecule has 0 aromatic rings. The maximum atomic E-state index is 10.7. The van der Waals surface area contributed by atoms with E-state index in [1.807, 2.05) is 0 Å². The zero-order valence-electron chi connectivity index (χ0n) is 6.76.